The second-order valence-electron chi connectivity index (χ2n) is 8.56. The molecule has 2 aromatic rings. The van der Waals surface area contributed by atoms with E-state index in [1.807, 2.05) is 19.2 Å². The van der Waals surface area contributed by atoms with Crippen LogP contribution in [0.1, 0.15) is 50.8 Å². The highest BCUT2D eigenvalue weighted by Crippen LogP contribution is 2.25. The number of nitrogens with one attached hydrogen (secondary N) is 3. The lowest BCUT2D eigenvalue weighted by Crippen LogP contribution is -2.49. The van der Waals surface area contributed by atoms with Crippen LogP contribution in [0.5, 0.6) is 0 Å². The van der Waals surface area contributed by atoms with Gasteiger partial charge in [-0.1, -0.05) is 19.3 Å². The molecule has 0 aromatic carbocycles. The Morgan fingerprint density at radius 2 is 2.03 bits per heavy atom. The zero-order valence-electron chi connectivity index (χ0n) is 18.5. The standard InChI is InChI=1S/C22H35N7O.HI/c1-23-22(24-12-9-20-26-21(28-27-20)19-8-5-15-30-19)25-18-10-13-29(14-11-18)16-17-6-3-2-4-7-17;/h5,8,15,17-18H,2-4,6-7,9-14,16H2,1H3,(H2,23,24,25)(H,26,27,28);1H. The van der Waals surface area contributed by atoms with Gasteiger partial charge in [-0.2, -0.15) is 5.10 Å². The number of aromatic nitrogens is 3. The maximum atomic E-state index is 5.33. The first kappa shape index (κ1) is 24.0. The molecule has 4 rings (SSSR count). The van der Waals surface area contributed by atoms with E-state index in [1.54, 1.807) is 6.26 Å². The lowest BCUT2D eigenvalue weighted by molar-refractivity contribution is 0.160. The molecule has 1 aliphatic carbocycles. The van der Waals surface area contributed by atoms with Crippen LogP contribution in [0, 0.1) is 5.92 Å². The number of rotatable bonds is 7. The Balaban J connectivity index is 0.00000272. The van der Waals surface area contributed by atoms with Crippen molar-refractivity contribution in [1.29, 1.82) is 0 Å². The lowest BCUT2D eigenvalue weighted by Gasteiger charge is -2.36. The van der Waals surface area contributed by atoms with Crippen molar-refractivity contribution in [2.24, 2.45) is 10.9 Å². The van der Waals surface area contributed by atoms with Crippen molar-refractivity contribution in [3.63, 3.8) is 0 Å². The predicted molar refractivity (Wildman–Crippen MR) is 134 cm³/mol. The van der Waals surface area contributed by atoms with Gasteiger partial charge in [-0.3, -0.25) is 10.1 Å². The van der Waals surface area contributed by atoms with Crippen molar-refractivity contribution in [2.45, 2.75) is 57.4 Å². The Hall–Kier alpha value is -1.62. The van der Waals surface area contributed by atoms with E-state index in [9.17, 15) is 0 Å². The van der Waals surface area contributed by atoms with E-state index in [4.69, 9.17) is 4.42 Å². The van der Waals surface area contributed by atoms with E-state index < -0.39 is 0 Å². The number of piperidine rings is 1. The normalized spacial score (nSPS) is 19.2. The fourth-order valence-corrected chi connectivity index (χ4v) is 4.61. The van der Waals surface area contributed by atoms with E-state index in [0.29, 0.717) is 17.6 Å². The molecule has 31 heavy (non-hydrogen) atoms. The van der Waals surface area contributed by atoms with Crippen molar-refractivity contribution in [2.75, 3.05) is 33.2 Å². The lowest BCUT2D eigenvalue weighted by atomic mass is 9.88. The minimum Gasteiger partial charge on any atom is -0.461 e. The number of halogens is 1. The minimum atomic E-state index is 0. The summed E-state index contributed by atoms with van der Waals surface area (Å²) in [5.74, 6) is 3.91. The molecule has 3 N–H and O–H groups in total. The first-order valence-corrected chi connectivity index (χ1v) is 11.4. The number of hydrogen-bond donors (Lipinski definition) is 3. The molecular formula is C22H36IN7O. The Bertz CT molecular complexity index is 778. The second-order valence-corrected chi connectivity index (χ2v) is 8.56. The Morgan fingerprint density at radius 1 is 1.23 bits per heavy atom. The summed E-state index contributed by atoms with van der Waals surface area (Å²) < 4.78 is 5.33. The number of guanidine groups is 1. The monoisotopic (exact) mass is 541 g/mol. The number of nitrogens with zero attached hydrogens (tertiary/aromatic N) is 4. The van der Waals surface area contributed by atoms with Crippen LogP contribution in [0.2, 0.25) is 0 Å². The highest BCUT2D eigenvalue weighted by molar-refractivity contribution is 14.0. The van der Waals surface area contributed by atoms with Crippen LogP contribution in [-0.4, -0.2) is 65.3 Å². The molecule has 2 fully saturated rings. The second kappa shape index (κ2) is 12.4. The first-order valence-electron chi connectivity index (χ1n) is 11.4. The summed E-state index contributed by atoms with van der Waals surface area (Å²) in [7, 11) is 1.83. The topological polar surface area (TPSA) is 94.4 Å². The molecule has 1 aliphatic heterocycles. The van der Waals surface area contributed by atoms with Crippen molar-refractivity contribution >= 4 is 29.9 Å². The number of hydrogen-bond acceptors (Lipinski definition) is 5. The molecule has 2 aliphatic rings. The number of H-pyrrole nitrogens is 1. The van der Waals surface area contributed by atoms with Crippen molar-refractivity contribution < 1.29 is 4.42 Å². The predicted octanol–water partition coefficient (Wildman–Crippen LogP) is 3.43. The minimum absolute atomic E-state index is 0. The van der Waals surface area contributed by atoms with Crippen LogP contribution < -0.4 is 10.6 Å². The molecule has 0 amide bonds. The number of furan rings is 1. The smallest absolute Gasteiger partial charge is 0.216 e. The maximum absolute atomic E-state index is 5.33. The molecule has 0 atom stereocenters. The highest BCUT2D eigenvalue weighted by Gasteiger charge is 2.23. The molecule has 0 spiro atoms. The van der Waals surface area contributed by atoms with Crippen molar-refractivity contribution in [3.8, 4) is 11.6 Å². The van der Waals surface area contributed by atoms with Gasteiger partial charge in [-0.25, -0.2) is 4.98 Å². The third-order valence-corrected chi connectivity index (χ3v) is 6.32. The molecule has 172 valence electrons. The largest absolute Gasteiger partial charge is 0.461 e. The first-order chi connectivity index (χ1) is 14.8. The number of aliphatic imine (C=N–C) groups is 1. The van der Waals surface area contributed by atoms with Crippen LogP contribution in [0.25, 0.3) is 11.6 Å². The van der Waals surface area contributed by atoms with Gasteiger partial charge in [0.05, 0.1) is 6.26 Å². The average Bonchev–Trinajstić information content (AvgIpc) is 3.47. The SMILES string of the molecule is CN=C(NCCc1nc(-c2ccco2)n[nH]1)NC1CCN(CC2CCCCC2)CC1.I. The van der Waals surface area contributed by atoms with Crippen molar-refractivity contribution in [1.82, 2.24) is 30.7 Å². The molecule has 9 heteroatoms. The van der Waals surface area contributed by atoms with Gasteiger partial charge < -0.3 is 20.0 Å². The summed E-state index contributed by atoms with van der Waals surface area (Å²) >= 11 is 0. The molecule has 0 radical (unpaired) electrons. The van der Waals surface area contributed by atoms with Gasteiger partial charge in [0.15, 0.2) is 11.7 Å². The Morgan fingerprint density at radius 3 is 2.74 bits per heavy atom. The summed E-state index contributed by atoms with van der Waals surface area (Å²) in [5, 5.41) is 14.2. The van der Waals surface area contributed by atoms with Crippen LogP contribution in [0.4, 0.5) is 0 Å². The quantitative estimate of drug-likeness (QED) is 0.283. The van der Waals surface area contributed by atoms with Gasteiger partial charge in [0, 0.05) is 45.7 Å². The van der Waals surface area contributed by atoms with E-state index >= 15 is 0 Å². The molecule has 3 heterocycles. The summed E-state index contributed by atoms with van der Waals surface area (Å²) in [6.07, 6.45) is 11.9. The summed E-state index contributed by atoms with van der Waals surface area (Å²) in [6, 6.07) is 4.19. The van der Waals surface area contributed by atoms with Crippen molar-refractivity contribution in [3.05, 3.63) is 24.2 Å². The van der Waals surface area contributed by atoms with Gasteiger partial charge in [0.25, 0.3) is 0 Å². The molecule has 0 unspecified atom stereocenters. The molecular weight excluding hydrogens is 505 g/mol. The van der Waals surface area contributed by atoms with Gasteiger partial charge >= 0.3 is 0 Å². The molecule has 1 saturated heterocycles. The Kier molecular flexibility index (Phi) is 9.63. The summed E-state index contributed by atoms with van der Waals surface area (Å²) in [4.78, 5) is 11.5. The average molecular weight is 541 g/mol. The van der Waals surface area contributed by atoms with E-state index in [0.717, 1.165) is 30.7 Å². The third-order valence-electron chi connectivity index (χ3n) is 6.32. The molecule has 0 bridgehead atoms. The van der Waals surface area contributed by atoms with E-state index in [1.165, 1.54) is 64.6 Å². The number of aromatic amines is 1. The molecule has 2 aromatic heterocycles. The summed E-state index contributed by atoms with van der Waals surface area (Å²) in [5.41, 5.74) is 0. The summed E-state index contributed by atoms with van der Waals surface area (Å²) in [6.45, 7) is 4.43. The maximum Gasteiger partial charge on any atom is 0.216 e. The zero-order chi connectivity index (χ0) is 20.6. The fraction of sp³-hybridized carbons (Fsp3) is 0.682. The van der Waals surface area contributed by atoms with E-state index in [-0.39, 0.29) is 24.0 Å². The highest BCUT2D eigenvalue weighted by atomic mass is 127. The van der Waals surface area contributed by atoms with Gasteiger partial charge in [0.2, 0.25) is 5.82 Å². The van der Waals surface area contributed by atoms with Gasteiger partial charge in [0.1, 0.15) is 5.82 Å². The van der Waals surface area contributed by atoms with Crippen LogP contribution in [0.3, 0.4) is 0 Å². The molecule has 1 saturated carbocycles. The molecule has 8 nitrogen and oxygen atoms in total. The Labute approximate surface area is 202 Å². The third kappa shape index (κ3) is 7.20. The number of likely N-dealkylation sites (tertiary alicyclic amines) is 1. The van der Waals surface area contributed by atoms with Crippen LogP contribution in [-0.2, 0) is 6.42 Å². The van der Waals surface area contributed by atoms with Gasteiger partial charge in [-0.15, -0.1) is 24.0 Å². The van der Waals surface area contributed by atoms with Gasteiger partial charge in [-0.05, 0) is 43.7 Å². The zero-order valence-corrected chi connectivity index (χ0v) is 20.8. The fourth-order valence-electron chi connectivity index (χ4n) is 4.61. The van der Waals surface area contributed by atoms with Crippen LogP contribution >= 0.6 is 24.0 Å². The van der Waals surface area contributed by atoms with Crippen LogP contribution in [0.15, 0.2) is 27.8 Å². The van der Waals surface area contributed by atoms with E-state index in [2.05, 4.69) is 35.7 Å².